The van der Waals surface area contributed by atoms with Crippen LogP contribution in [-0.4, -0.2) is 57.1 Å². The number of carbonyl (C=O) groups excluding carboxylic acids is 1. The molecule has 0 bridgehead atoms. The van der Waals surface area contributed by atoms with E-state index in [2.05, 4.69) is 10.2 Å². The Labute approximate surface area is 228 Å². The first-order valence-corrected chi connectivity index (χ1v) is 12.7. The number of thiocarbonyl (C=S) groups is 1. The summed E-state index contributed by atoms with van der Waals surface area (Å²) >= 11 is 5.86. The molecule has 1 atom stereocenters. The predicted molar refractivity (Wildman–Crippen MR) is 150 cm³/mol. The molecule has 0 saturated heterocycles. The van der Waals surface area contributed by atoms with Crippen molar-refractivity contribution in [1.82, 2.24) is 4.90 Å². The average molecular weight is 537 g/mol. The maximum Gasteiger partial charge on any atom is 0.338 e. The molecule has 0 saturated carbocycles. The number of fused-ring (bicyclic) bond motifs is 1. The molecule has 3 aromatic carbocycles. The van der Waals surface area contributed by atoms with Crippen LogP contribution in [0.3, 0.4) is 0 Å². The number of rotatable bonds is 9. The molecule has 8 nitrogen and oxygen atoms in total. The van der Waals surface area contributed by atoms with Crippen molar-refractivity contribution in [1.29, 1.82) is 0 Å². The second kappa shape index (κ2) is 12.5. The van der Waals surface area contributed by atoms with Crippen molar-refractivity contribution in [3.8, 4) is 23.0 Å². The zero-order chi connectivity index (χ0) is 27.1. The van der Waals surface area contributed by atoms with Gasteiger partial charge < -0.3 is 33.9 Å². The molecule has 1 heterocycles. The lowest BCUT2D eigenvalue weighted by Gasteiger charge is -2.39. The van der Waals surface area contributed by atoms with Gasteiger partial charge in [-0.05, 0) is 97.4 Å². The third-order valence-electron chi connectivity index (χ3n) is 6.38. The van der Waals surface area contributed by atoms with E-state index in [1.807, 2.05) is 36.4 Å². The van der Waals surface area contributed by atoms with Crippen LogP contribution in [-0.2, 0) is 11.2 Å². The number of esters is 1. The van der Waals surface area contributed by atoms with E-state index in [9.17, 15) is 4.79 Å². The van der Waals surface area contributed by atoms with Gasteiger partial charge in [-0.1, -0.05) is 0 Å². The Bertz CT molecular complexity index is 1260. The lowest BCUT2D eigenvalue weighted by atomic mass is 9.92. The summed E-state index contributed by atoms with van der Waals surface area (Å²) in [7, 11) is 4.89. The van der Waals surface area contributed by atoms with E-state index in [0.29, 0.717) is 47.7 Å². The Balaban J connectivity index is 1.58. The average Bonchev–Trinajstić information content (AvgIpc) is 2.95. The van der Waals surface area contributed by atoms with Crippen molar-refractivity contribution in [3.05, 3.63) is 77.4 Å². The Morgan fingerprint density at radius 1 is 0.947 bits per heavy atom. The molecular formula is C29H32N2O6S. The van der Waals surface area contributed by atoms with Gasteiger partial charge in [0, 0.05) is 12.2 Å². The van der Waals surface area contributed by atoms with Crippen molar-refractivity contribution in [2.24, 2.45) is 0 Å². The molecule has 0 aromatic heterocycles. The fourth-order valence-corrected chi connectivity index (χ4v) is 4.73. The number of anilines is 1. The predicted octanol–water partition coefficient (Wildman–Crippen LogP) is 5.26. The molecule has 1 N–H and O–H groups in total. The number of benzene rings is 3. The second-order valence-corrected chi connectivity index (χ2v) is 8.97. The summed E-state index contributed by atoms with van der Waals surface area (Å²) in [6.07, 6.45) is 0.783. The topological polar surface area (TPSA) is 78.5 Å². The summed E-state index contributed by atoms with van der Waals surface area (Å²) in [6, 6.07) is 18.4. The molecule has 200 valence electrons. The van der Waals surface area contributed by atoms with Gasteiger partial charge in [-0.3, -0.25) is 0 Å². The summed E-state index contributed by atoms with van der Waals surface area (Å²) in [5, 5.41) is 3.93. The van der Waals surface area contributed by atoms with E-state index in [1.54, 1.807) is 52.5 Å². The molecule has 3 aromatic rings. The highest BCUT2D eigenvalue weighted by Crippen LogP contribution is 2.38. The number of nitrogens with zero attached hydrogens (tertiary/aromatic N) is 1. The lowest BCUT2D eigenvalue weighted by Crippen LogP contribution is -2.44. The van der Waals surface area contributed by atoms with E-state index in [-0.39, 0.29) is 12.0 Å². The molecule has 0 fully saturated rings. The number of methoxy groups -OCH3 is 3. The maximum absolute atomic E-state index is 12.0. The number of hydrogen-bond donors (Lipinski definition) is 1. The van der Waals surface area contributed by atoms with Gasteiger partial charge in [0.2, 0.25) is 0 Å². The Kier molecular flexibility index (Phi) is 8.91. The molecule has 9 heteroatoms. The van der Waals surface area contributed by atoms with E-state index in [1.165, 1.54) is 0 Å². The molecular weight excluding hydrogens is 504 g/mol. The molecule has 1 aliphatic heterocycles. The van der Waals surface area contributed by atoms with E-state index < -0.39 is 0 Å². The number of hydrogen-bond acceptors (Lipinski definition) is 7. The minimum absolute atomic E-state index is 0.193. The maximum atomic E-state index is 12.0. The second-order valence-electron chi connectivity index (χ2n) is 8.58. The number of ether oxygens (including phenoxy) is 5. The summed E-state index contributed by atoms with van der Waals surface area (Å²) < 4.78 is 27.7. The normalized spacial score (nSPS) is 14.2. The number of carbonyl (C=O) groups is 1. The minimum Gasteiger partial charge on any atom is -0.497 e. The Morgan fingerprint density at radius 3 is 2.24 bits per heavy atom. The smallest absolute Gasteiger partial charge is 0.338 e. The molecule has 0 radical (unpaired) electrons. The number of nitrogens with one attached hydrogen (secondary N) is 1. The fourth-order valence-electron chi connectivity index (χ4n) is 4.40. The lowest BCUT2D eigenvalue weighted by molar-refractivity contribution is 0.0526. The van der Waals surface area contributed by atoms with Crippen LogP contribution in [0.2, 0.25) is 0 Å². The molecule has 1 aliphatic rings. The summed E-state index contributed by atoms with van der Waals surface area (Å²) in [4.78, 5) is 14.1. The van der Waals surface area contributed by atoms with Crippen molar-refractivity contribution >= 4 is 29.0 Å². The van der Waals surface area contributed by atoms with Crippen molar-refractivity contribution in [3.63, 3.8) is 0 Å². The van der Waals surface area contributed by atoms with Crippen LogP contribution in [0.5, 0.6) is 23.0 Å². The van der Waals surface area contributed by atoms with E-state index >= 15 is 0 Å². The largest absolute Gasteiger partial charge is 0.497 e. The van der Waals surface area contributed by atoms with Crippen LogP contribution >= 0.6 is 12.2 Å². The van der Waals surface area contributed by atoms with Crippen molar-refractivity contribution in [2.75, 3.05) is 46.4 Å². The summed E-state index contributed by atoms with van der Waals surface area (Å²) in [6.45, 7) is 3.13. The van der Waals surface area contributed by atoms with E-state index in [4.69, 9.17) is 35.9 Å². The molecule has 4 rings (SSSR count). The monoisotopic (exact) mass is 536 g/mol. The Hall–Kier alpha value is -3.98. The minimum atomic E-state index is -0.359. The molecule has 0 aliphatic carbocycles. The van der Waals surface area contributed by atoms with Crippen molar-refractivity contribution in [2.45, 2.75) is 19.4 Å². The summed E-state index contributed by atoms with van der Waals surface area (Å²) in [5.74, 6) is 2.38. The molecule has 0 spiro atoms. The van der Waals surface area contributed by atoms with Gasteiger partial charge in [-0.2, -0.15) is 0 Å². The van der Waals surface area contributed by atoms with Crippen LogP contribution in [0.1, 0.15) is 34.5 Å². The van der Waals surface area contributed by atoms with Crippen LogP contribution in [0.25, 0.3) is 0 Å². The van der Waals surface area contributed by atoms with Gasteiger partial charge in [-0.15, -0.1) is 0 Å². The standard InChI is InChI=1S/C29H32N2O6S/c1-5-36-28(32)19-6-10-23(11-7-19)37-18-25-24-17-27(35-4)26(34-3)16-20(24)14-15-31(25)29(38)30-21-8-12-22(33-2)13-9-21/h6-13,16-17,25H,5,14-15,18H2,1-4H3,(H,30,38)/t25-/m0/s1. The van der Waals surface area contributed by atoms with Gasteiger partial charge >= 0.3 is 5.97 Å². The first-order chi connectivity index (χ1) is 18.5. The van der Waals surface area contributed by atoms with Gasteiger partial charge in [-0.25, -0.2) is 4.79 Å². The highest BCUT2D eigenvalue weighted by molar-refractivity contribution is 7.80. The highest BCUT2D eigenvalue weighted by atomic mass is 32.1. The molecule has 38 heavy (non-hydrogen) atoms. The van der Waals surface area contributed by atoms with E-state index in [0.717, 1.165) is 29.0 Å². The van der Waals surface area contributed by atoms with Crippen molar-refractivity contribution < 1.29 is 28.5 Å². The Morgan fingerprint density at radius 2 is 1.61 bits per heavy atom. The molecule has 0 unspecified atom stereocenters. The van der Waals surface area contributed by atoms with Gasteiger partial charge in [0.15, 0.2) is 16.6 Å². The van der Waals surface area contributed by atoms with Crippen LogP contribution in [0.15, 0.2) is 60.7 Å². The van der Waals surface area contributed by atoms with Crippen LogP contribution in [0.4, 0.5) is 5.69 Å². The van der Waals surface area contributed by atoms with Gasteiger partial charge in [0.1, 0.15) is 18.1 Å². The SMILES string of the molecule is CCOC(=O)c1ccc(OC[C@H]2c3cc(OC)c(OC)cc3CCN2C(=S)Nc2ccc(OC)cc2)cc1. The zero-order valence-electron chi connectivity index (χ0n) is 22.0. The van der Waals surface area contributed by atoms with Gasteiger partial charge in [0.25, 0.3) is 0 Å². The van der Waals surface area contributed by atoms with Crippen LogP contribution in [0, 0.1) is 0 Å². The third-order valence-corrected chi connectivity index (χ3v) is 6.71. The van der Waals surface area contributed by atoms with Crippen LogP contribution < -0.4 is 24.3 Å². The first kappa shape index (κ1) is 27.1. The molecule has 0 amide bonds. The van der Waals surface area contributed by atoms with Gasteiger partial charge in [0.05, 0.1) is 39.5 Å². The quantitative estimate of drug-likeness (QED) is 0.291. The fraction of sp³-hybridized carbons (Fsp3) is 0.310. The highest BCUT2D eigenvalue weighted by Gasteiger charge is 2.31. The zero-order valence-corrected chi connectivity index (χ0v) is 22.8. The third kappa shape index (κ3) is 6.11. The summed E-state index contributed by atoms with van der Waals surface area (Å²) in [5.41, 5.74) is 3.54. The first-order valence-electron chi connectivity index (χ1n) is 12.3.